The topological polar surface area (TPSA) is 80.3 Å². The standard InChI is InChI=1S/C16H15F3N6/c17-16(18,19)9-2-1-3-11(6-9)23-14-7-12(22-10-4-5-10)15-21-8-13(20)25(15)24-14/h1-3,6-8,10,22H,4-5,20H2,(H,23,24). The van der Waals surface area contributed by atoms with Gasteiger partial charge in [0.2, 0.25) is 0 Å². The van der Waals surface area contributed by atoms with Crippen molar-refractivity contribution in [3.8, 4) is 0 Å². The van der Waals surface area contributed by atoms with Crippen LogP contribution in [0.15, 0.2) is 36.5 Å². The van der Waals surface area contributed by atoms with Gasteiger partial charge < -0.3 is 16.4 Å². The van der Waals surface area contributed by atoms with Gasteiger partial charge in [-0.1, -0.05) is 6.07 Å². The van der Waals surface area contributed by atoms with E-state index in [1.54, 1.807) is 12.1 Å². The summed E-state index contributed by atoms with van der Waals surface area (Å²) in [4.78, 5) is 4.23. The van der Waals surface area contributed by atoms with Crippen LogP contribution >= 0.6 is 0 Å². The average Bonchev–Trinajstić information content (AvgIpc) is 3.29. The summed E-state index contributed by atoms with van der Waals surface area (Å²) < 4.78 is 40.0. The number of nitrogen functional groups attached to an aromatic ring is 1. The Morgan fingerprint density at radius 1 is 1.20 bits per heavy atom. The molecule has 1 aromatic carbocycles. The summed E-state index contributed by atoms with van der Waals surface area (Å²) >= 11 is 0. The molecule has 130 valence electrons. The molecule has 2 heterocycles. The number of hydrogen-bond donors (Lipinski definition) is 3. The minimum absolute atomic E-state index is 0.290. The maximum absolute atomic E-state index is 12.9. The quantitative estimate of drug-likeness (QED) is 0.671. The van der Waals surface area contributed by atoms with Crippen molar-refractivity contribution < 1.29 is 13.2 Å². The van der Waals surface area contributed by atoms with E-state index in [1.165, 1.54) is 16.8 Å². The molecule has 2 aromatic heterocycles. The number of aromatic nitrogens is 3. The van der Waals surface area contributed by atoms with E-state index in [9.17, 15) is 13.2 Å². The van der Waals surface area contributed by atoms with Crippen LogP contribution in [0.5, 0.6) is 0 Å². The number of nitrogens with two attached hydrogens (primary N) is 1. The van der Waals surface area contributed by atoms with Crippen molar-refractivity contribution >= 4 is 28.7 Å². The second kappa shape index (κ2) is 5.54. The van der Waals surface area contributed by atoms with Gasteiger partial charge in [0.05, 0.1) is 17.4 Å². The predicted molar refractivity (Wildman–Crippen MR) is 88.8 cm³/mol. The molecule has 0 spiro atoms. The molecular formula is C16H15F3N6. The molecule has 1 fully saturated rings. The lowest BCUT2D eigenvalue weighted by atomic mass is 10.2. The summed E-state index contributed by atoms with van der Waals surface area (Å²) in [5.41, 5.74) is 6.76. The smallest absolute Gasteiger partial charge is 0.382 e. The van der Waals surface area contributed by atoms with Crippen LogP contribution < -0.4 is 16.4 Å². The van der Waals surface area contributed by atoms with Crippen molar-refractivity contribution in [3.05, 3.63) is 42.1 Å². The van der Waals surface area contributed by atoms with Gasteiger partial charge in [-0.2, -0.15) is 17.7 Å². The second-order valence-electron chi connectivity index (χ2n) is 5.98. The number of hydrogen-bond acceptors (Lipinski definition) is 5. The van der Waals surface area contributed by atoms with E-state index < -0.39 is 11.7 Å². The number of rotatable bonds is 4. The molecule has 25 heavy (non-hydrogen) atoms. The van der Waals surface area contributed by atoms with Crippen molar-refractivity contribution in [1.82, 2.24) is 14.6 Å². The van der Waals surface area contributed by atoms with E-state index in [1.807, 2.05) is 0 Å². The Morgan fingerprint density at radius 2 is 2.00 bits per heavy atom. The Kier molecular flexibility index (Phi) is 3.45. The fourth-order valence-corrected chi connectivity index (χ4v) is 2.52. The van der Waals surface area contributed by atoms with Crippen molar-refractivity contribution in [3.63, 3.8) is 0 Å². The van der Waals surface area contributed by atoms with Crippen LogP contribution in [0.25, 0.3) is 5.65 Å². The Bertz CT molecular complexity index is 929. The summed E-state index contributed by atoms with van der Waals surface area (Å²) in [6.45, 7) is 0. The van der Waals surface area contributed by atoms with E-state index in [0.717, 1.165) is 30.7 Å². The third-order valence-corrected chi connectivity index (χ3v) is 3.89. The van der Waals surface area contributed by atoms with Gasteiger partial charge in [-0.15, -0.1) is 5.10 Å². The van der Waals surface area contributed by atoms with Crippen molar-refractivity contribution in [2.45, 2.75) is 25.1 Å². The highest BCUT2D eigenvalue weighted by molar-refractivity contribution is 5.74. The molecule has 3 aromatic rings. The molecule has 9 heteroatoms. The number of anilines is 4. The van der Waals surface area contributed by atoms with Crippen LogP contribution in [0.2, 0.25) is 0 Å². The highest BCUT2D eigenvalue weighted by atomic mass is 19.4. The lowest BCUT2D eigenvalue weighted by Crippen LogP contribution is -2.09. The molecule has 0 radical (unpaired) electrons. The van der Waals surface area contributed by atoms with Gasteiger partial charge in [-0.3, -0.25) is 0 Å². The van der Waals surface area contributed by atoms with E-state index in [-0.39, 0.29) is 5.69 Å². The Morgan fingerprint density at radius 3 is 2.72 bits per heavy atom. The fourth-order valence-electron chi connectivity index (χ4n) is 2.52. The van der Waals surface area contributed by atoms with Crippen LogP contribution in [-0.2, 0) is 6.18 Å². The average molecular weight is 348 g/mol. The lowest BCUT2D eigenvalue weighted by Gasteiger charge is -2.12. The molecular weight excluding hydrogens is 333 g/mol. The van der Waals surface area contributed by atoms with Crippen LogP contribution in [0, 0.1) is 0 Å². The Hall–Kier alpha value is -2.97. The minimum atomic E-state index is -4.40. The highest BCUT2D eigenvalue weighted by Crippen LogP contribution is 2.32. The van der Waals surface area contributed by atoms with Gasteiger partial charge in [0, 0.05) is 17.8 Å². The van der Waals surface area contributed by atoms with E-state index in [0.29, 0.717) is 23.3 Å². The molecule has 6 nitrogen and oxygen atoms in total. The largest absolute Gasteiger partial charge is 0.416 e. The van der Waals surface area contributed by atoms with Crippen LogP contribution in [-0.4, -0.2) is 20.6 Å². The molecule has 1 aliphatic rings. The maximum atomic E-state index is 12.9. The van der Waals surface area contributed by atoms with E-state index in [2.05, 4.69) is 20.7 Å². The maximum Gasteiger partial charge on any atom is 0.416 e. The van der Waals surface area contributed by atoms with Gasteiger partial charge >= 0.3 is 6.18 Å². The number of halogens is 3. The number of benzene rings is 1. The van der Waals surface area contributed by atoms with Crippen LogP contribution in [0.1, 0.15) is 18.4 Å². The summed E-state index contributed by atoms with van der Waals surface area (Å²) in [6, 6.07) is 7.06. The normalized spacial score (nSPS) is 14.7. The molecule has 0 atom stereocenters. The summed E-state index contributed by atoms with van der Waals surface area (Å²) in [6.07, 6.45) is -0.765. The number of alkyl halides is 3. The molecule has 4 rings (SSSR count). The minimum Gasteiger partial charge on any atom is -0.382 e. The Balaban J connectivity index is 1.70. The molecule has 0 saturated heterocycles. The van der Waals surface area contributed by atoms with Crippen molar-refractivity contribution in [1.29, 1.82) is 0 Å². The van der Waals surface area contributed by atoms with Crippen LogP contribution in [0.4, 0.5) is 36.2 Å². The lowest BCUT2D eigenvalue weighted by molar-refractivity contribution is -0.137. The second-order valence-corrected chi connectivity index (χ2v) is 5.98. The van der Waals surface area contributed by atoms with Crippen molar-refractivity contribution in [2.75, 3.05) is 16.4 Å². The molecule has 4 N–H and O–H groups in total. The summed E-state index contributed by atoms with van der Waals surface area (Å²) in [7, 11) is 0. The van der Waals surface area contributed by atoms with Gasteiger partial charge in [0.25, 0.3) is 0 Å². The zero-order valence-corrected chi connectivity index (χ0v) is 13.0. The van der Waals surface area contributed by atoms with Gasteiger partial charge in [0.1, 0.15) is 5.82 Å². The Labute approximate surface area is 140 Å². The predicted octanol–water partition coefficient (Wildman–Crippen LogP) is 3.65. The van der Waals surface area contributed by atoms with Gasteiger partial charge in [0.15, 0.2) is 11.5 Å². The summed E-state index contributed by atoms with van der Waals surface area (Å²) in [5.74, 6) is 0.723. The monoisotopic (exact) mass is 348 g/mol. The molecule has 1 saturated carbocycles. The number of imidazole rings is 1. The first-order valence-electron chi connectivity index (χ1n) is 7.75. The molecule has 0 amide bonds. The fraction of sp³-hybridized carbons (Fsp3) is 0.250. The molecule has 0 bridgehead atoms. The molecule has 0 unspecified atom stereocenters. The third kappa shape index (κ3) is 3.17. The first kappa shape index (κ1) is 15.6. The van der Waals surface area contributed by atoms with Crippen LogP contribution in [0.3, 0.4) is 0 Å². The first-order chi connectivity index (χ1) is 11.9. The first-order valence-corrected chi connectivity index (χ1v) is 7.75. The van der Waals surface area contributed by atoms with Crippen molar-refractivity contribution in [2.24, 2.45) is 0 Å². The third-order valence-electron chi connectivity index (χ3n) is 3.89. The van der Waals surface area contributed by atoms with E-state index >= 15 is 0 Å². The zero-order valence-electron chi connectivity index (χ0n) is 13.0. The highest BCUT2D eigenvalue weighted by Gasteiger charge is 2.30. The number of nitrogens with one attached hydrogen (secondary N) is 2. The van der Waals surface area contributed by atoms with E-state index in [4.69, 9.17) is 5.73 Å². The van der Waals surface area contributed by atoms with Gasteiger partial charge in [-0.25, -0.2) is 4.98 Å². The number of nitrogens with zero attached hydrogens (tertiary/aromatic N) is 3. The summed E-state index contributed by atoms with van der Waals surface area (Å²) in [5, 5.41) is 10.5. The molecule has 1 aliphatic carbocycles. The molecule has 0 aliphatic heterocycles. The number of fused-ring (bicyclic) bond motifs is 1. The zero-order chi connectivity index (χ0) is 17.6. The van der Waals surface area contributed by atoms with Gasteiger partial charge in [-0.05, 0) is 31.0 Å². The SMILES string of the molecule is Nc1cnc2c(NC3CC3)cc(Nc3cccc(C(F)(F)F)c3)nn12.